The highest BCUT2D eigenvalue weighted by Gasteiger charge is 2.38. The van der Waals surface area contributed by atoms with E-state index in [4.69, 9.17) is 15.2 Å². The molecule has 5 heteroatoms. The first kappa shape index (κ1) is 15.2. The topological polar surface area (TPSA) is 61.6 Å². The van der Waals surface area contributed by atoms with Crippen LogP contribution in [0.25, 0.3) is 0 Å². The highest BCUT2D eigenvalue weighted by molar-refractivity contribution is 8.00. The van der Waals surface area contributed by atoms with Gasteiger partial charge in [-0.3, -0.25) is 0 Å². The van der Waals surface area contributed by atoms with Crippen molar-refractivity contribution in [1.82, 2.24) is 0 Å². The van der Waals surface area contributed by atoms with Gasteiger partial charge in [-0.15, -0.1) is 11.8 Å². The molecule has 0 aromatic heterocycles. The van der Waals surface area contributed by atoms with Crippen LogP contribution in [0, 0.1) is 0 Å². The summed E-state index contributed by atoms with van der Waals surface area (Å²) in [5.41, 5.74) is 7.42. The van der Waals surface area contributed by atoms with E-state index in [1.54, 1.807) is 11.8 Å². The minimum absolute atomic E-state index is 0.109. The summed E-state index contributed by atoms with van der Waals surface area (Å²) in [5, 5.41) is 0. The number of hydrogen-bond donors (Lipinski definition) is 1. The second-order valence-corrected chi connectivity index (χ2v) is 6.80. The highest BCUT2D eigenvalue weighted by atomic mass is 32.2. The minimum atomic E-state index is -0.756. The Morgan fingerprint density at radius 3 is 2.70 bits per heavy atom. The van der Waals surface area contributed by atoms with E-state index in [0.717, 1.165) is 11.3 Å². The smallest absolute Gasteiger partial charge is 0.404 e. The quantitative estimate of drug-likeness (QED) is 0.926. The summed E-state index contributed by atoms with van der Waals surface area (Å²) >= 11 is 1.72. The maximum atomic E-state index is 10.6. The van der Waals surface area contributed by atoms with Crippen LogP contribution in [0.3, 0.4) is 0 Å². The fraction of sp³-hybridized carbons (Fsp3) is 0.533. The number of benzene rings is 1. The normalized spacial score (nSPS) is 25.9. The third-order valence-corrected chi connectivity index (χ3v) is 4.87. The second-order valence-electron chi connectivity index (χ2n) is 5.40. The van der Waals surface area contributed by atoms with Crippen molar-refractivity contribution >= 4 is 17.9 Å². The largest absolute Gasteiger partial charge is 0.447 e. The van der Waals surface area contributed by atoms with Gasteiger partial charge in [-0.1, -0.05) is 38.1 Å². The molecule has 1 saturated heterocycles. The van der Waals surface area contributed by atoms with Crippen molar-refractivity contribution in [3.8, 4) is 0 Å². The van der Waals surface area contributed by atoms with E-state index in [-0.39, 0.29) is 17.6 Å². The monoisotopic (exact) mass is 295 g/mol. The molecule has 1 fully saturated rings. The molecule has 20 heavy (non-hydrogen) atoms. The standard InChI is InChI=1S/C15H21NO3S/c1-10(2)11-4-6-12(7-5-11)15(3)19-13(9-20-15)8-18-14(16)17/h4-7,10,13H,8-9H2,1-3H3,(H2,16,17)/t13-,15-/m1/s1. The van der Waals surface area contributed by atoms with Crippen molar-refractivity contribution in [2.75, 3.05) is 12.4 Å². The van der Waals surface area contributed by atoms with Crippen molar-refractivity contribution < 1.29 is 14.3 Å². The molecule has 4 nitrogen and oxygen atoms in total. The van der Waals surface area contributed by atoms with Crippen molar-refractivity contribution in [2.45, 2.75) is 37.7 Å². The second kappa shape index (κ2) is 6.06. The molecule has 2 rings (SSSR count). The van der Waals surface area contributed by atoms with Gasteiger partial charge in [0.1, 0.15) is 17.6 Å². The average molecular weight is 295 g/mol. The first-order chi connectivity index (χ1) is 9.40. The lowest BCUT2D eigenvalue weighted by Crippen LogP contribution is -2.26. The maximum absolute atomic E-state index is 10.6. The van der Waals surface area contributed by atoms with Gasteiger partial charge in [0.05, 0.1) is 0 Å². The van der Waals surface area contributed by atoms with Crippen LogP contribution in [0.4, 0.5) is 4.79 Å². The van der Waals surface area contributed by atoms with Crippen LogP contribution in [-0.2, 0) is 14.4 Å². The lowest BCUT2D eigenvalue weighted by Gasteiger charge is -2.24. The molecule has 0 aliphatic carbocycles. The number of carbonyl (C=O) groups is 1. The number of primary amides is 1. The van der Waals surface area contributed by atoms with Crippen molar-refractivity contribution in [1.29, 1.82) is 0 Å². The van der Waals surface area contributed by atoms with Gasteiger partial charge in [-0.25, -0.2) is 4.79 Å². The SMILES string of the molecule is CC(C)c1ccc([C@]2(C)O[C@H](COC(N)=O)CS2)cc1. The number of thioether (sulfide) groups is 1. The molecule has 2 atom stereocenters. The predicted molar refractivity (Wildman–Crippen MR) is 80.7 cm³/mol. The number of carbonyl (C=O) groups excluding carboxylic acids is 1. The average Bonchev–Trinajstić information content (AvgIpc) is 2.80. The number of nitrogens with two attached hydrogens (primary N) is 1. The summed E-state index contributed by atoms with van der Waals surface area (Å²) < 4.78 is 10.8. The number of amides is 1. The maximum Gasteiger partial charge on any atom is 0.404 e. The lowest BCUT2D eigenvalue weighted by atomic mass is 10.00. The molecule has 110 valence electrons. The van der Waals surface area contributed by atoms with Gasteiger partial charge in [0.15, 0.2) is 0 Å². The Kier molecular flexibility index (Phi) is 4.60. The fourth-order valence-corrected chi connectivity index (χ4v) is 3.39. The first-order valence-corrected chi connectivity index (χ1v) is 7.74. The van der Waals surface area contributed by atoms with Gasteiger partial charge < -0.3 is 15.2 Å². The van der Waals surface area contributed by atoms with Crippen LogP contribution in [0.2, 0.25) is 0 Å². The van der Waals surface area contributed by atoms with Crippen LogP contribution in [0.1, 0.15) is 37.8 Å². The molecule has 0 bridgehead atoms. The van der Waals surface area contributed by atoms with Crippen molar-refractivity contribution in [3.05, 3.63) is 35.4 Å². The Labute approximate surface area is 124 Å². The van der Waals surface area contributed by atoms with Crippen molar-refractivity contribution in [3.63, 3.8) is 0 Å². The molecule has 0 radical (unpaired) electrons. The molecule has 1 amide bonds. The third kappa shape index (κ3) is 3.46. The van der Waals surface area contributed by atoms with E-state index >= 15 is 0 Å². The van der Waals surface area contributed by atoms with Gasteiger partial charge >= 0.3 is 6.09 Å². The first-order valence-electron chi connectivity index (χ1n) is 6.75. The predicted octanol–water partition coefficient (Wildman–Crippen LogP) is 3.21. The Hall–Kier alpha value is -1.20. The van der Waals surface area contributed by atoms with E-state index < -0.39 is 6.09 Å². The lowest BCUT2D eigenvalue weighted by molar-refractivity contribution is -0.0278. The molecule has 0 unspecified atom stereocenters. The summed E-state index contributed by atoms with van der Waals surface area (Å²) in [6.07, 6.45) is -0.865. The van der Waals surface area contributed by atoms with Crippen LogP contribution >= 0.6 is 11.8 Å². The fourth-order valence-electron chi connectivity index (χ4n) is 2.22. The van der Waals surface area contributed by atoms with Crippen LogP contribution in [0.15, 0.2) is 24.3 Å². The highest BCUT2D eigenvalue weighted by Crippen LogP contribution is 2.44. The van der Waals surface area contributed by atoms with Crippen LogP contribution < -0.4 is 5.73 Å². The zero-order chi connectivity index (χ0) is 14.8. The van der Waals surface area contributed by atoms with E-state index in [9.17, 15) is 4.79 Å². The van der Waals surface area contributed by atoms with Crippen LogP contribution in [0.5, 0.6) is 0 Å². The zero-order valence-corrected chi connectivity index (χ0v) is 12.9. The summed E-state index contributed by atoms with van der Waals surface area (Å²) in [7, 11) is 0. The summed E-state index contributed by atoms with van der Waals surface area (Å²) in [6, 6.07) is 8.50. The Morgan fingerprint density at radius 1 is 1.50 bits per heavy atom. The zero-order valence-electron chi connectivity index (χ0n) is 12.1. The molecule has 0 spiro atoms. The number of hydrogen-bond acceptors (Lipinski definition) is 4. The Balaban J connectivity index is 2.03. The molecule has 1 aliphatic heterocycles. The molecule has 1 aromatic carbocycles. The van der Waals surface area contributed by atoms with Gasteiger partial charge in [0.25, 0.3) is 0 Å². The summed E-state index contributed by atoms with van der Waals surface area (Å²) in [5.74, 6) is 1.31. The van der Waals surface area contributed by atoms with Crippen molar-refractivity contribution in [2.24, 2.45) is 5.73 Å². The minimum Gasteiger partial charge on any atom is -0.447 e. The van der Waals surface area contributed by atoms with Gasteiger partial charge in [-0.05, 0) is 24.0 Å². The molecular weight excluding hydrogens is 274 g/mol. The number of rotatable bonds is 4. The summed E-state index contributed by atoms with van der Waals surface area (Å²) in [6.45, 7) is 6.61. The Bertz CT molecular complexity index is 475. The number of ether oxygens (including phenoxy) is 2. The van der Waals surface area contributed by atoms with Crippen LogP contribution in [-0.4, -0.2) is 24.6 Å². The van der Waals surface area contributed by atoms with E-state index in [1.807, 2.05) is 6.92 Å². The molecule has 1 heterocycles. The molecule has 0 saturated carbocycles. The van der Waals surface area contributed by atoms with E-state index in [2.05, 4.69) is 38.1 Å². The van der Waals surface area contributed by atoms with Gasteiger partial charge in [0, 0.05) is 5.75 Å². The molecular formula is C15H21NO3S. The van der Waals surface area contributed by atoms with Gasteiger partial charge in [0.2, 0.25) is 0 Å². The van der Waals surface area contributed by atoms with E-state index in [0.29, 0.717) is 5.92 Å². The Morgan fingerprint density at radius 2 is 2.15 bits per heavy atom. The van der Waals surface area contributed by atoms with Gasteiger partial charge in [-0.2, -0.15) is 0 Å². The molecule has 1 aromatic rings. The third-order valence-electron chi connectivity index (χ3n) is 3.45. The molecule has 2 N–H and O–H groups in total. The summed E-state index contributed by atoms with van der Waals surface area (Å²) in [4.78, 5) is 10.2. The molecule has 1 aliphatic rings. The van der Waals surface area contributed by atoms with E-state index in [1.165, 1.54) is 5.56 Å².